The fourth-order valence-corrected chi connectivity index (χ4v) is 3.63. The van der Waals surface area contributed by atoms with Gasteiger partial charge in [-0.05, 0) is 42.0 Å². The largest absolute Gasteiger partial charge is 0.392 e. The first-order valence-electron chi connectivity index (χ1n) is 9.65. The van der Waals surface area contributed by atoms with E-state index < -0.39 is 0 Å². The standard InChI is InChI=1S/C22H26N4O2/c1-3-4-20(15(2)28)21(22-23-25-26-24-22)13-16-5-9-18(10-6-16)19-11-7-17(14-27)8-12-19/h5-12,20-21,27H,3-4,13-14H2,1-2H3,(H,23,24,25,26)/t20-,21+/m1/s1. The van der Waals surface area contributed by atoms with E-state index in [2.05, 4.69) is 51.8 Å². The second-order valence-corrected chi connectivity index (χ2v) is 7.14. The van der Waals surface area contributed by atoms with Gasteiger partial charge in [0.15, 0.2) is 5.82 Å². The number of tetrazole rings is 1. The lowest BCUT2D eigenvalue weighted by molar-refractivity contribution is -0.121. The van der Waals surface area contributed by atoms with Gasteiger partial charge in [0.25, 0.3) is 0 Å². The van der Waals surface area contributed by atoms with Gasteiger partial charge in [-0.3, -0.25) is 4.79 Å². The first-order chi connectivity index (χ1) is 13.6. The molecule has 0 saturated heterocycles. The van der Waals surface area contributed by atoms with Crippen molar-refractivity contribution in [3.63, 3.8) is 0 Å². The van der Waals surface area contributed by atoms with Crippen molar-refractivity contribution in [2.75, 3.05) is 0 Å². The molecule has 2 N–H and O–H groups in total. The zero-order valence-corrected chi connectivity index (χ0v) is 16.3. The molecule has 0 amide bonds. The molecule has 0 aliphatic heterocycles. The van der Waals surface area contributed by atoms with Crippen molar-refractivity contribution < 1.29 is 9.90 Å². The van der Waals surface area contributed by atoms with Crippen molar-refractivity contribution in [2.45, 2.75) is 45.6 Å². The molecule has 0 radical (unpaired) electrons. The van der Waals surface area contributed by atoms with Crippen LogP contribution in [0, 0.1) is 5.92 Å². The molecule has 2 aromatic carbocycles. The van der Waals surface area contributed by atoms with Crippen LogP contribution in [0.25, 0.3) is 11.1 Å². The number of aromatic nitrogens is 4. The molecule has 146 valence electrons. The number of Topliss-reactive ketones (excluding diaryl/α,β-unsaturated/α-hetero) is 1. The van der Waals surface area contributed by atoms with Gasteiger partial charge in [-0.2, -0.15) is 5.21 Å². The molecule has 0 aliphatic carbocycles. The van der Waals surface area contributed by atoms with Crippen molar-refractivity contribution in [3.05, 3.63) is 65.5 Å². The van der Waals surface area contributed by atoms with Crippen LogP contribution in [0.1, 0.15) is 49.6 Å². The number of aliphatic hydroxyl groups is 1. The van der Waals surface area contributed by atoms with Crippen LogP contribution in [0.5, 0.6) is 0 Å². The molecule has 1 heterocycles. The monoisotopic (exact) mass is 378 g/mol. The van der Waals surface area contributed by atoms with Crippen LogP contribution in [0.4, 0.5) is 0 Å². The average Bonchev–Trinajstić information content (AvgIpc) is 3.25. The van der Waals surface area contributed by atoms with E-state index in [0.29, 0.717) is 12.2 Å². The second-order valence-electron chi connectivity index (χ2n) is 7.14. The molecule has 0 bridgehead atoms. The molecule has 0 saturated carbocycles. The summed E-state index contributed by atoms with van der Waals surface area (Å²) in [5.41, 5.74) is 4.24. The molecule has 2 atom stereocenters. The van der Waals surface area contributed by atoms with Crippen molar-refractivity contribution in [1.82, 2.24) is 20.6 Å². The van der Waals surface area contributed by atoms with Gasteiger partial charge in [0.2, 0.25) is 0 Å². The highest BCUT2D eigenvalue weighted by atomic mass is 16.3. The van der Waals surface area contributed by atoms with Crippen LogP contribution in [0.15, 0.2) is 48.5 Å². The second kappa shape index (κ2) is 9.37. The number of H-pyrrole nitrogens is 1. The Morgan fingerprint density at radius 3 is 2.11 bits per heavy atom. The van der Waals surface area contributed by atoms with Crippen LogP contribution < -0.4 is 0 Å². The zero-order chi connectivity index (χ0) is 19.9. The Kier molecular flexibility index (Phi) is 6.66. The predicted molar refractivity (Wildman–Crippen MR) is 108 cm³/mol. The van der Waals surface area contributed by atoms with Gasteiger partial charge in [0.1, 0.15) is 5.78 Å². The molecular formula is C22H26N4O2. The number of rotatable bonds is 9. The molecule has 6 heteroatoms. The smallest absolute Gasteiger partial charge is 0.178 e. The first-order valence-corrected chi connectivity index (χ1v) is 9.65. The van der Waals surface area contributed by atoms with Gasteiger partial charge in [0.05, 0.1) is 6.61 Å². The minimum absolute atomic E-state index is 0.0474. The fraction of sp³-hybridized carbons (Fsp3) is 0.364. The van der Waals surface area contributed by atoms with Gasteiger partial charge in [-0.25, -0.2) is 0 Å². The van der Waals surface area contributed by atoms with E-state index in [1.807, 2.05) is 24.3 Å². The summed E-state index contributed by atoms with van der Waals surface area (Å²) in [6, 6.07) is 16.2. The van der Waals surface area contributed by atoms with Crippen molar-refractivity contribution in [2.24, 2.45) is 5.92 Å². The average molecular weight is 378 g/mol. The third-order valence-electron chi connectivity index (χ3n) is 5.18. The Balaban J connectivity index is 1.81. The Bertz CT molecular complexity index is 874. The first kappa shape index (κ1) is 19.9. The highest BCUT2D eigenvalue weighted by Gasteiger charge is 2.29. The SMILES string of the molecule is CCC[C@H](C(C)=O)[C@H](Cc1ccc(-c2ccc(CO)cc2)cc1)c1nn[nH]n1. The van der Waals surface area contributed by atoms with Crippen molar-refractivity contribution in [3.8, 4) is 11.1 Å². The van der Waals surface area contributed by atoms with Crippen LogP contribution in [0.2, 0.25) is 0 Å². The normalized spacial score (nSPS) is 13.2. The van der Waals surface area contributed by atoms with E-state index in [4.69, 9.17) is 0 Å². The molecule has 0 aliphatic rings. The highest BCUT2D eigenvalue weighted by molar-refractivity contribution is 5.79. The summed E-state index contributed by atoms with van der Waals surface area (Å²) < 4.78 is 0. The molecule has 0 unspecified atom stereocenters. The van der Waals surface area contributed by atoms with E-state index >= 15 is 0 Å². The summed E-state index contributed by atoms with van der Waals surface area (Å²) in [7, 11) is 0. The van der Waals surface area contributed by atoms with Crippen LogP contribution in [-0.2, 0) is 17.8 Å². The maximum absolute atomic E-state index is 12.2. The molecule has 0 spiro atoms. The molecule has 28 heavy (non-hydrogen) atoms. The minimum Gasteiger partial charge on any atom is -0.392 e. The van der Waals surface area contributed by atoms with Gasteiger partial charge < -0.3 is 5.11 Å². The van der Waals surface area contributed by atoms with Crippen LogP contribution >= 0.6 is 0 Å². The number of carbonyl (C=O) groups excluding carboxylic acids is 1. The lowest BCUT2D eigenvalue weighted by Gasteiger charge is -2.22. The number of hydrogen-bond acceptors (Lipinski definition) is 5. The number of nitrogens with zero attached hydrogens (tertiary/aromatic N) is 3. The number of carbonyl (C=O) groups is 1. The quantitative estimate of drug-likeness (QED) is 0.592. The third-order valence-corrected chi connectivity index (χ3v) is 5.18. The van der Waals surface area contributed by atoms with E-state index in [1.54, 1.807) is 6.92 Å². The summed E-state index contributed by atoms with van der Waals surface area (Å²) in [6.07, 6.45) is 2.43. The maximum Gasteiger partial charge on any atom is 0.178 e. The number of aliphatic hydroxyl groups excluding tert-OH is 1. The summed E-state index contributed by atoms with van der Waals surface area (Å²) in [5.74, 6) is 0.550. The summed E-state index contributed by atoms with van der Waals surface area (Å²) in [4.78, 5) is 12.2. The molecule has 0 fully saturated rings. The lowest BCUT2D eigenvalue weighted by atomic mass is 9.81. The Morgan fingerprint density at radius 1 is 1.04 bits per heavy atom. The molecule has 6 nitrogen and oxygen atoms in total. The van der Waals surface area contributed by atoms with Gasteiger partial charge in [-0.1, -0.05) is 67.1 Å². The third kappa shape index (κ3) is 4.70. The summed E-state index contributed by atoms with van der Waals surface area (Å²) in [6.45, 7) is 3.78. The molecule has 3 rings (SSSR count). The number of aromatic amines is 1. The van der Waals surface area contributed by atoms with E-state index in [-0.39, 0.29) is 24.2 Å². The number of nitrogens with one attached hydrogen (secondary N) is 1. The predicted octanol–water partition coefficient (Wildman–Crippen LogP) is 3.69. The summed E-state index contributed by atoms with van der Waals surface area (Å²) >= 11 is 0. The Labute approximate surface area is 165 Å². The topological polar surface area (TPSA) is 91.8 Å². The Hall–Kier alpha value is -2.86. The number of hydrogen-bond donors (Lipinski definition) is 2. The van der Waals surface area contributed by atoms with Crippen molar-refractivity contribution in [1.29, 1.82) is 0 Å². The summed E-state index contributed by atoms with van der Waals surface area (Å²) in [5, 5.41) is 23.7. The molecule has 1 aromatic heterocycles. The fourth-order valence-electron chi connectivity index (χ4n) is 3.63. The zero-order valence-electron chi connectivity index (χ0n) is 16.3. The van der Waals surface area contributed by atoms with Gasteiger partial charge in [0, 0.05) is 11.8 Å². The number of benzene rings is 2. The van der Waals surface area contributed by atoms with Gasteiger partial charge >= 0.3 is 0 Å². The van der Waals surface area contributed by atoms with E-state index in [9.17, 15) is 9.90 Å². The molecule has 3 aromatic rings. The highest BCUT2D eigenvalue weighted by Crippen LogP contribution is 2.31. The van der Waals surface area contributed by atoms with Crippen LogP contribution in [0.3, 0.4) is 0 Å². The maximum atomic E-state index is 12.2. The lowest BCUT2D eigenvalue weighted by Crippen LogP contribution is -2.23. The van der Waals surface area contributed by atoms with E-state index in [0.717, 1.165) is 35.1 Å². The van der Waals surface area contributed by atoms with E-state index in [1.165, 1.54) is 0 Å². The molecular weight excluding hydrogens is 352 g/mol. The minimum atomic E-state index is -0.117. The Morgan fingerprint density at radius 2 is 1.64 bits per heavy atom. The van der Waals surface area contributed by atoms with Crippen molar-refractivity contribution >= 4 is 5.78 Å². The number of ketones is 1. The van der Waals surface area contributed by atoms with Crippen LogP contribution in [-0.4, -0.2) is 31.5 Å². The van der Waals surface area contributed by atoms with Gasteiger partial charge in [-0.15, -0.1) is 10.2 Å².